The molecule has 0 N–H and O–H groups in total. The Bertz CT molecular complexity index is 203. The summed E-state index contributed by atoms with van der Waals surface area (Å²) in [5, 5.41) is 0. The summed E-state index contributed by atoms with van der Waals surface area (Å²) in [5.74, 6) is 0.624. The molecule has 0 amide bonds. The number of methoxy groups -OCH3 is 1. The second kappa shape index (κ2) is 3.90. The van der Waals surface area contributed by atoms with Gasteiger partial charge in [-0.25, -0.2) is 0 Å². The standard InChI is InChI=1S/C11H18O/c1-8(2)10-6-5-9(3)11(7-10)12-4/h5,10-11H,1,6-7H2,2-4H3. The van der Waals surface area contributed by atoms with Crippen LogP contribution in [-0.2, 0) is 4.74 Å². The maximum Gasteiger partial charge on any atom is 0.0784 e. The van der Waals surface area contributed by atoms with Gasteiger partial charge in [0.1, 0.15) is 0 Å². The van der Waals surface area contributed by atoms with Crippen molar-refractivity contribution in [2.24, 2.45) is 5.92 Å². The summed E-state index contributed by atoms with van der Waals surface area (Å²) in [4.78, 5) is 0. The topological polar surface area (TPSA) is 9.23 Å². The molecule has 0 spiro atoms. The third kappa shape index (κ3) is 1.98. The monoisotopic (exact) mass is 166 g/mol. The van der Waals surface area contributed by atoms with Crippen molar-refractivity contribution in [2.45, 2.75) is 32.8 Å². The first-order chi connectivity index (χ1) is 5.65. The molecular formula is C11H18O. The van der Waals surface area contributed by atoms with Gasteiger partial charge in [0.2, 0.25) is 0 Å². The highest BCUT2D eigenvalue weighted by Gasteiger charge is 2.21. The molecule has 0 aromatic heterocycles. The summed E-state index contributed by atoms with van der Waals surface area (Å²) >= 11 is 0. The predicted octanol–water partition coefficient (Wildman–Crippen LogP) is 2.93. The smallest absolute Gasteiger partial charge is 0.0784 e. The van der Waals surface area contributed by atoms with Crippen molar-refractivity contribution in [3.63, 3.8) is 0 Å². The van der Waals surface area contributed by atoms with E-state index in [1.54, 1.807) is 7.11 Å². The van der Waals surface area contributed by atoms with Crippen LogP contribution in [0.3, 0.4) is 0 Å². The Morgan fingerprint density at radius 1 is 1.67 bits per heavy atom. The zero-order valence-corrected chi connectivity index (χ0v) is 8.26. The number of allylic oxidation sites excluding steroid dienone is 2. The highest BCUT2D eigenvalue weighted by Crippen LogP contribution is 2.29. The van der Waals surface area contributed by atoms with Crippen LogP contribution in [0.5, 0.6) is 0 Å². The van der Waals surface area contributed by atoms with Crippen LogP contribution in [0.2, 0.25) is 0 Å². The predicted molar refractivity (Wildman–Crippen MR) is 52.1 cm³/mol. The van der Waals surface area contributed by atoms with Crippen molar-refractivity contribution in [1.29, 1.82) is 0 Å². The van der Waals surface area contributed by atoms with E-state index < -0.39 is 0 Å². The van der Waals surface area contributed by atoms with Crippen LogP contribution in [0.25, 0.3) is 0 Å². The first-order valence-electron chi connectivity index (χ1n) is 4.50. The fraction of sp³-hybridized carbons (Fsp3) is 0.636. The first-order valence-corrected chi connectivity index (χ1v) is 4.50. The summed E-state index contributed by atoms with van der Waals surface area (Å²) in [6.07, 6.45) is 4.84. The van der Waals surface area contributed by atoms with Crippen molar-refractivity contribution < 1.29 is 4.74 Å². The zero-order chi connectivity index (χ0) is 9.14. The lowest BCUT2D eigenvalue weighted by atomic mass is 9.84. The second-order valence-electron chi connectivity index (χ2n) is 3.69. The summed E-state index contributed by atoms with van der Waals surface area (Å²) in [5.41, 5.74) is 2.65. The molecule has 12 heavy (non-hydrogen) atoms. The fourth-order valence-corrected chi connectivity index (χ4v) is 1.68. The lowest BCUT2D eigenvalue weighted by Crippen LogP contribution is -2.21. The number of ether oxygens (including phenoxy) is 1. The van der Waals surface area contributed by atoms with E-state index in [9.17, 15) is 0 Å². The van der Waals surface area contributed by atoms with Gasteiger partial charge in [-0.05, 0) is 38.2 Å². The van der Waals surface area contributed by atoms with Crippen LogP contribution in [0, 0.1) is 5.92 Å². The summed E-state index contributed by atoms with van der Waals surface area (Å²) in [6, 6.07) is 0. The SMILES string of the molecule is C=C(C)C1CC=C(C)C(OC)C1. The molecule has 0 aromatic rings. The molecule has 68 valence electrons. The molecule has 2 atom stereocenters. The van der Waals surface area contributed by atoms with E-state index in [0.29, 0.717) is 12.0 Å². The summed E-state index contributed by atoms with van der Waals surface area (Å²) in [6.45, 7) is 8.23. The van der Waals surface area contributed by atoms with E-state index in [2.05, 4.69) is 26.5 Å². The minimum absolute atomic E-state index is 0.320. The molecule has 1 aliphatic rings. The van der Waals surface area contributed by atoms with E-state index >= 15 is 0 Å². The fourth-order valence-electron chi connectivity index (χ4n) is 1.68. The van der Waals surface area contributed by atoms with Gasteiger partial charge in [-0.2, -0.15) is 0 Å². The van der Waals surface area contributed by atoms with E-state index in [4.69, 9.17) is 4.74 Å². The Balaban J connectivity index is 2.64. The minimum atomic E-state index is 0.320. The molecule has 1 nitrogen and oxygen atoms in total. The molecule has 0 aromatic carbocycles. The Kier molecular flexibility index (Phi) is 3.10. The van der Waals surface area contributed by atoms with Gasteiger partial charge in [0.25, 0.3) is 0 Å². The molecule has 1 aliphatic carbocycles. The van der Waals surface area contributed by atoms with Crippen molar-refractivity contribution in [1.82, 2.24) is 0 Å². The van der Waals surface area contributed by atoms with Crippen LogP contribution in [0.4, 0.5) is 0 Å². The number of hydrogen-bond donors (Lipinski definition) is 0. The Morgan fingerprint density at radius 3 is 2.83 bits per heavy atom. The second-order valence-corrected chi connectivity index (χ2v) is 3.69. The molecule has 0 heterocycles. The van der Waals surface area contributed by atoms with Gasteiger partial charge < -0.3 is 4.74 Å². The van der Waals surface area contributed by atoms with Crippen molar-refractivity contribution >= 4 is 0 Å². The molecule has 0 radical (unpaired) electrons. The van der Waals surface area contributed by atoms with Crippen molar-refractivity contribution in [3.05, 3.63) is 23.8 Å². The molecule has 0 bridgehead atoms. The average molecular weight is 166 g/mol. The maximum absolute atomic E-state index is 5.37. The number of rotatable bonds is 2. The molecule has 0 saturated carbocycles. The van der Waals surface area contributed by atoms with Gasteiger partial charge in [-0.3, -0.25) is 0 Å². The van der Waals surface area contributed by atoms with Gasteiger partial charge in [-0.1, -0.05) is 18.2 Å². The van der Waals surface area contributed by atoms with Crippen LogP contribution in [-0.4, -0.2) is 13.2 Å². The first kappa shape index (κ1) is 9.53. The lowest BCUT2D eigenvalue weighted by molar-refractivity contribution is 0.107. The summed E-state index contributed by atoms with van der Waals surface area (Å²) < 4.78 is 5.37. The third-order valence-corrected chi connectivity index (χ3v) is 2.71. The van der Waals surface area contributed by atoms with Crippen molar-refractivity contribution in [2.75, 3.05) is 7.11 Å². The average Bonchev–Trinajstić information content (AvgIpc) is 2.05. The van der Waals surface area contributed by atoms with E-state index in [-0.39, 0.29) is 0 Å². The zero-order valence-electron chi connectivity index (χ0n) is 8.26. The van der Waals surface area contributed by atoms with Crippen LogP contribution in [0.1, 0.15) is 26.7 Å². The van der Waals surface area contributed by atoms with Gasteiger partial charge in [0.05, 0.1) is 6.10 Å². The molecule has 0 aliphatic heterocycles. The molecule has 0 fully saturated rings. The molecule has 1 rings (SSSR count). The number of hydrogen-bond acceptors (Lipinski definition) is 1. The molecule has 2 unspecified atom stereocenters. The Hall–Kier alpha value is -0.560. The van der Waals surface area contributed by atoms with Gasteiger partial charge in [0.15, 0.2) is 0 Å². The quantitative estimate of drug-likeness (QED) is 0.573. The van der Waals surface area contributed by atoms with Crippen LogP contribution >= 0.6 is 0 Å². The molecule has 0 saturated heterocycles. The normalized spacial score (nSPS) is 29.8. The highest BCUT2D eigenvalue weighted by molar-refractivity contribution is 5.14. The van der Waals surface area contributed by atoms with Gasteiger partial charge >= 0.3 is 0 Å². The Labute approximate surface area is 75.1 Å². The van der Waals surface area contributed by atoms with Gasteiger partial charge in [0, 0.05) is 7.11 Å². The molecular weight excluding hydrogens is 148 g/mol. The largest absolute Gasteiger partial charge is 0.377 e. The van der Waals surface area contributed by atoms with Gasteiger partial charge in [-0.15, -0.1) is 0 Å². The summed E-state index contributed by atoms with van der Waals surface area (Å²) in [7, 11) is 1.78. The third-order valence-electron chi connectivity index (χ3n) is 2.71. The van der Waals surface area contributed by atoms with Crippen LogP contribution < -0.4 is 0 Å². The van der Waals surface area contributed by atoms with Crippen molar-refractivity contribution in [3.8, 4) is 0 Å². The molecule has 1 heteroatoms. The van der Waals surface area contributed by atoms with Crippen LogP contribution in [0.15, 0.2) is 23.8 Å². The van der Waals surface area contributed by atoms with E-state index in [1.165, 1.54) is 11.1 Å². The van der Waals surface area contributed by atoms with E-state index in [1.807, 2.05) is 0 Å². The Morgan fingerprint density at radius 2 is 2.33 bits per heavy atom. The maximum atomic E-state index is 5.37. The highest BCUT2D eigenvalue weighted by atomic mass is 16.5. The minimum Gasteiger partial charge on any atom is -0.377 e. The van der Waals surface area contributed by atoms with E-state index in [0.717, 1.165) is 12.8 Å². The lowest BCUT2D eigenvalue weighted by Gasteiger charge is -2.27.